The minimum atomic E-state index is -2.48. The average Bonchev–Trinajstić information content (AvgIpc) is 2.69. The van der Waals surface area contributed by atoms with Crippen LogP contribution >= 0.6 is 0 Å². The second-order valence-corrected chi connectivity index (χ2v) is 4.20. The molecule has 7 heteroatoms. The van der Waals surface area contributed by atoms with Crippen molar-refractivity contribution in [1.29, 1.82) is 0 Å². The van der Waals surface area contributed by atoms with Gasteiger partial charge >= 0.3 is 0 Å². The van der Waals surface area contributed by atoms with E-state index in [4.69, 9.17) is 10.2 Å². The SMILES string of the molecule is CC(C)(O)[C@@]1(O)O[C@]1(O)[C@H](O)[C@@H](O)CO. The molecule has 0 aliphatic carbocycles. The van der Waals surface area contributed by atoms with Gasteiger partial charge in [0.25, 0.3) is 11.6 Å². The van der Waals surface area contributed by atoms with Crippen molar-refractivity contribution in [2.24, 2.45) is 0 Å². The van der Waals surface area contributed by atoms with Gasteiger partial charge in [-0.05, 0) is 13.8 Å². The van der Waals surface area contributed by atoms with E-state index in [0.29, 0.717) is 0 Å². The summed E-state index contributed by atoms with van der Waals surface area (Å²) in [4.78, 5) is 0. The van der Waals surface area contributed by atoms with Crippen LogP contribution < -0.4 is 0 Å². The van der Waals surface area contributed by atoms with Crippen LogP contribution in [0.15, 0.2) is 0 Å². The van der Waals surface area contributed by atoms with Crippen LogP contribution in [0.1, 0.15) is 13.8 Å². The molecule has 1 heterocycles. The average molecular weight is 224 g/mol. The third kappa shape index (κ3) is 1.66. The Morgan fingerprint density at radius 3 is 2.00 bits per heavy atom. The van der Waals surface area contributed by atoms with E-state index in [0.717, 1.165) is 0 Å². The van der Waals surface area contributed by atoms with Crippen molar-refractivity contribution in [3.63, 3.8) is 0 Å². The van der Waals surface area contributed by atoms with E-state index in [9.17, 15) is 20.4 Å². The Balaban J connectivity index is 2.83. The van der Waals surface area contributed by atoms with Gasteiger partial charge in [-0.2, -0.15) is 0 Å². The summed E-state index contributed by atoms with van der Waals surface area (Å²) < 4.78 is 4.48. The molecular weight excluding hydrogens is 208 g/mol. The van der Waals surface area contributed by atoms with Crippen molar-refractivity contribution < 1.29 is 35.4 Å². The highest BCUT2D eigenvalue weighted by Crippen LogP contribution is 2.53. The van der Waals surface area contributed by atoms with Crippen LogP contribution in [0, 0.1) is 0 Å². The van der Waals surface area contributed by atoms with E-state index in [-0.39, 0.29) is 0 Å². The van der Waals surface area contributed by atoms with Crippen LogP contribution in [0.5, 0.6) is 0 Å². The van der Waals surface area contributed by atoms with Gasteiger partial charge in [0.05, 0.1) is 6.61 Å². The zero-order valence-electron chi connectivity index (χ0n) is 8.45. The Morgan fingerprint density at radius 2 is 1.73 bits per heavy atom. The molecule has 0 bridgehead atoms. The first-order chi connectivity index (χ1) is 6.60. The zero-order chi connectivity index (χ0) is 12.1. The molecule has 1 aliphatic heterocycles. The van der Waals surface area contributed by atoms with E-state index >= 15 is 0 Å². The fraction of sp³-hybridized carbons (Fsp3) is 1.00. The summed E-state index contributed by atoms with van der Waals surface area (Å²) in [5.74, 6) is -4.84. The number of hydrogen-bond acceptors (Lipinski definition) is 7. The molecule has 0 spiro atoms. The molecule has 0 saturated carbocycles. The molecule has 0 amide bonds. The number of aliphatic hydroxyl groups is 6. The molecule has 0 radical (unpaired) electrons. The van der Waals surface area contributed by atoms with Gasteiger partial charge in [0, 0.05) is 0 Å². The molecule has 4 atom stereocenters. The number of epoxide rings is 1. The highest BCUT2D eigenvalue weighted by atomic mass is 16.9. The predicted octanol–water partition coefficient (Wildman–Crippen LogP) is -3.12. The van der Waals surface area contributed by atoms with Gasteiger partial charge in [0.2, 0.25) is 0 Å². The minimum absolute atomic E-state index is 0.811. The lowest BCUT2D eigenvalue weighted by Gasteiger charge is -2.26. The summed E-state index contributed by atoms with van der Waals surface area (Å²) in [7, 11) is 0. The van der Waals surface area contributed by atoms with Gasteiger partial charge in [-0.3, -0.25) is 0 Å². The van der Waals surface area contributed by atoms with Crippen molar-refractivity contribution in [2.45, 2.75) is 43.2 Å². The molecule has 7 nitrogen and oxygen atoms in total. The third-order valence-electron chi connectivity index (χ3n) is 2.53. The van der Waals surface area contributed by atoms with Gasteiger partial charge in [-0.15, -0.1) is 0 Å². The third-order valence-corrected chi connectivity index (χ3v) is 2.53. The van der Waals surface area contributed by atoms with Crippen LogP contribution in [0.3, 0.4) is 0 Å². The number of hydrogen-bond donors (Lipinski definition) is 6. The Hall–Kier alpha value is -0.280. The molecule has 1 aliphatic rings. The molecule has 6 N–H and O–H groups in total. The summed E-state index contributed by atoms with van der Waals surface area (Å²) >= 11 is 0. The standard InChI is InChI=1S/C8H16O7/c1-6(2,12)8(14)7(13,15-8)5(11)4(10)3-9/h4-5,9-14H,3H2,1-2H3/t4-,5+,7+,8+/m0/s1. The lowest BCUT2D eigenvalue weighted by molar-refractivity contribution is -0.162. The summed E-state index contributed by atoms with van der Waals surface area (Å²) in [6.07, 6.45) is -3.59. The minimum Gasteiger partial charge on any atom is -0.394 e. The molecule has 1 saturated heterocycles. The van der Waals surface area contributed by atoms with Crippen molar-refractivity contribution in [2.75, 3.05) is 6.61 Å². The van der Waals surface area contributed by atoms with Gasteiger partial charge < -0.3 is 35.4 Å². The van der Waals surface area contributed by atoms with Crippen molar-refractivity contribution in [1.82, 2.24) is 0 Å². The Kier molecular flexibility index (Phi) is 2.86. The number of ether oxygens (including phenoxy) is 1. The first-order valence-electron chi connectivity index (χ1n) is 4.44. The molecule has 0 unspecified atom stereocenters. The highest BCUT2D eigenvalue weighted by molar-refractivity contribution is 5.14. The van der Waals surface area contributed by atoms with E-state index in [2.05, 4.69) is 4.74 Å². The molecule has 1 rings (SSSR count). The second-order valence-electron chi connectivity index (χ2n) is 4.20. The Labute approximate surface area is 86.2 Å². The van der Waals surface area contributed by atoms with E-state index in [1.165, 1.54) is 13.8 Å². The molecule has 0 aromatic carbocycles. The molecule has 90 valence electrons. The fourth-order valence-electron chi connectivity index (χ4n) is 1.38. The van der Waals surface area contributed by atoms with Crippen molar-refractivity contribution >= 4 is 0 Å². The second kappa shape index (κ2) is 3.36. The van der Waals surface area contributed by atoms with E-state index < -0.39 is 36.0 Å². The summed E-state index contributed by atoms with van der Waals surface area (Å²) in [6.45, 7) is 1.53. The maximum absolute atomic E-state index is 9.62. The number of rotatable bonds is 4. The van der Waals surface area contributed by atoms with Crippen LogP contribution in [0.4, 0.5) is 0 Å². The summed E-state index contributed by atoms with van der Waals surface area (Å²) in [5.41, 5.74) is -1.82. The molecule has 0 aromatic rings. The van der Waals surface area contributed by atoms with Gasteiger partial charge in [0.15, 0.2) is 0 Å². The zero-order valence-corrected chi connectivity index (χ0v) is 8.45. The van der Waals surface area contributed by atoms with E-state index in [1.807, 2.05) is 0 Å². The smallest absolute Gasteiger partial charge is 0.256 e. The normalized spacial score (nSPS) is 40.0. The van der Waals surface area contributed by atoms with Crippen LogP contribution in [0.2, 0.25) is 0 Å². The van der Waals surface area contributed by atoms with Crippen molar-refractivity contribution in [3.05, 3.63) is 0 Å². The first kappa shape index (κ1) is 12.8. The van der Waals surface area contributed by atoms with Crippen LogP contribution in [-0.2, 0) is 4.74 Å². The van der Waals surface area contributed by atoms with Gasteiger partial charge in [-0.1, -0.05) is 0 Å². The molecular formula is C8H16O7. The van der Waals surface area contributed by atoms with Gasteiger partial charge in [0.1, 0.15) is 17.8 Å². The number of aliphatic hydroxyl groups excluding tert-OH is 3. The van der Waals surface area contributed by atoms with Gasteiger partial charge in [-0.25, -0.2) is 0 Å². The summed E-state index contributed by atoms with van der Waals surface area (Å²) in [6, 6.07) is 0. The monoisotopic (exact) mass is 224 g/mol. The summed E-state index contributed by atoms with van der Waals surface area (Å²) in [5, 5.41) is 55.7. The van der Waals surface area contributed by atoms with E-state index in [1.54, 1.807) is 0 Å². The lowest BCUT2D eigenvalue weighted by Crippen LogP contribution is -2.53. The lowest BCUT2D eigenvalue weighted by atomic mass is 9.92. The predicted molar refractivity (Wildman–Crippen MR) is 46.4 cm³/mol. The maximum Gasteiger partial charge on any atom is 0.256 e. The Bertz CT molecular complexity index is 250. The highest BCUT2D eigenvalue weighted by Gasteiger charge is 2.80. The molecule has 15 heavy (non-hydrogen) atoms. The first-order valence-corrected chi connectivity index (χ1v) is 4.44. The fourth-order valence-corrected chi connectivity index (χ4v) is 1.38. The molecule has 1 fully saturated rings. The topological polar surface area (TPSA) is 134 Å². The largest absolute Gasteiger partial charge is 0.394 e. The maximum atomic E-state index is 9.62. The molecule has 0 aromatic heterocycles. The quantitative estimate of drug-likeness (QED) is 0.278. The Morgan fingerprint density at radius 1 is 1.27 bits per heavy atom. The van der Waals surface area contributed by atoms with Crippen LogP contribution in [0.25, 0.3) is 0 Å². The van der Waals surface area contributed by atoms with Crippen molar-refractivity contribution in [3.8, 4) is 0 Å². The van der Waals surface area contributed by atoms with Crippen LogP contribution in [-0.4, -0.2) is 66.6 Å².